The molecule has 2 fully saturated rings. The number of aryl methyl sites for hydroxylation is 1. The van der Waals surface area contributed by atoms with Crippen molar-refractivity contribution in [2.45, 2.75) is 25.4 Å². The van der Waals surface area contributed by atoms with Gasteiger partial charge in [0, 0.05) is 13.7 Å². The van der Waals surface area contributed by atoms with E-state index in [2.05, 4.69) is 5.32 Å². The molecule has 1 N–H and O–H groups in total. The number of likely N-dealkylation sites (tertiary alicyclic amines) is 1. The van der Waals surface area contributed by atoms with Crippen LogP contribution in [0.15, 0.2) is 24.3 Å². The zero-order chi connectivity index (χ0) is 16.6. The molecule has 122 valence electrons. The van der Waals surface area contributed by atoms with E-state index in [0.717, 1.165) is 10.5 Å². The fourth-order valence-corrected chi connectivity index (χ4v) is 3.13. The van der Waals surface area contributed by atoms with Crippen LogP contribution in [-0.4, -0.2) is 55.1 Å². The first-order chi connectivity index (χ1) is 11.0. The molecule has 3 rings (SSSR count). The maximum Gasteiger partial charge on any atom is 0.329 e. The molecule has 1 aromatic carbocycles. The second-order valence-corrected chi connectivity index (χ2v) is 5.82. The molecular weight excluding hydrogens is 298 g/mol. The second-order valence-electron chi connectivity index (χ2n) is 5.82. The van der Waals surface area contributed by atoms with E-state index in [9.17, 15) is 14.4 Å². The van der Waals surface area contributed by atoms with Crippen LogP contribution in [0.2, 0.25) is 0 Å². The van der Waals surface area contributed by atoms with Crippen molar-refractivity contribution < 1.29 is 19.1 Å². The van der Waals surface area contributed by atoms with Crippen molar-refractivity contribution in [1.82, 2.24) is 10.2 Å². The first kappa shape index (κ1) is 15.5. The van der Waals surface area contributed by atoms with E-state index >= 15 is 0 Å². The van der Waals surface area contributed by atoms with Crippen LogP contribution in [0.1, 0.15) is 12.0 Å². The van der Waals surface area contributed by atoms with Gasteiger partial charge in [0.05, 0.1) is 11.7 Å². The minimum atomic E-state index is -0.670. The topological polar surface area (TPSA) is 79.0 Å². The number of nitrogens with one attached hydrogen (secondary N) is 1. The number of ether oxygens (including phenoxy) is 1. The van der Waals surface area contributed by atoms with Crippen molar-refractivity contribution >= 4 is 23.5 Å². The van der Waals surface area contributed by atoms with Gasteiger partial charge < -0.3 is 15.0 Å². The third-order valence-electron chi connectivity index (χ3n) is 4.26. The monoisotopic (exact) mass is 317 g/mol. The van der Waals surface area contributed by atoms with Crippen LogP contribution in [0.5, 0.6) is 0 Å². The average Bonchev–Trinajstić information content (AvgIpc) is 2.93. The van der Waals surface area contributed by atoms with Gasteiger partial charge in [0.1, 0.15) is 12.6 Å². The Bertz CT molecular complexity index is 643. The molecule has 2 atom stereocenters. The molecule has 23 heavy (non-hydrogen) atoms. The summed E-state index contributed by atoms with van der Waals surface area (Å²) in [6.07, 6.45) is 0.569. The summed E-state index contributed by atoms with van der Waals surface area (Å²) < 4.78 is 4.87. The first-order valence-electron chi connectivity index (χ1n) is 7.52. The van der Waals surface area contributed by atoms with E-state index in [4.69, 9.17) is 4.74 Å². The highest BCUT2D eigenvalue weighted by Gasteiger charge is 2.49. The van der Waals surface area contributed by atoms with E-state index in [-0.39, 0.29) is 24.5 Å². The number of urea groups is 1. The van der Waals surface area contributed by atoms with Gasteiger partial charge in [-0.05, 0) is 25.5 Å². The molecule has 0 spiro atoms. The average molecular weight is 317 g/mol. The third kappa shape index (κ3) is 2.68. The minimum absolute atomic E-state index is 0.0744. The van der Waals surface area contributed by atoms with E-state index < -0.39 is 12.1 Å². The molecule has 0 aliphatic carbocycles. The van der Waals surface area contributed by atoms with Crippen LogP contribution in [0, 0.1) is 6.92 Å². The molecule has 4 amide bonds. The normalized spacial score (nSPS) is 23.7. The quantitative estimate of drug-likeness (QED) is 0.888. The first-order valence-corrected chi connectivity index (χ1v) is 7.52. The Labute approximate surface area is 134 Å². The van der Waals surface area contributed by atoms with E-state index in [1.54, 1.807) is 12.1 Å². The van der Waals surface area contributed by atoms with Gasteiger partial charge in [0.2, 0.25) is 5.91 Å². The van der Waals surface area contributed by atoms with Crippen LogP contribution in [0.3, 0.4) is 0 Å². The van der Waals surface area contributed by atoms with Crippen LogP contribution in [0.4, 0.5) is 10.5 Å². The van der Waals surface area contributed by atoms with Gasteiger partial charge in [-0.2, -0.15) is 0 Å². The van der Waals surface area contributed by atoms with E-state index in [1.807, 2.05) is 19.1 Å². The highest BCUT2D eigenvalue weighted by Crippen LogP contribution is 2.27. The van der Waals surface area contributed by atoms with Gasteiger partial charge in [-0.1, -0.05) is 17.7 Å². The number of hydrogen-bond donors (Lipinski definition) is 1. The molecule has 2 aliphatic rings. The van der Waals surface area contributed by atoms with Crippen LogP contribution < -0.4 is 10.2 Å². The Morgan fingerprint density at radius 2 is 2.00 bits per heavy atom. The smallest absolute Gasteiger partial charge is 0.329 e. The lowest BCUT2D eigenvalue weighted by molar-refractivity contribution is -0.140. The SMILES string of the molecule is COCC(=O)N1CC[C@H]2NC(=O)N(c3ccc(C)cc3)C(=O)[C@H]21. The number of anilines is 1. The number of fused-ring (bicyclic) bond motifs is 1. The Hall–Kier alpha value is -2.41. The zero-order valence-electron chi connectivity index (χ0n) is 13.1. The van der Waals surface area contributed by atoms with Crippen molar-refractivity contribution in [3.63, 3.8) is 0 Å². The van der Waals surface area contributed by atoms with Gasteiger partial charge in [0.25, 0.3) is 5.91 Å². The molecule has 0 bridgehead atoms. The molecule has 7 nitrogen and oxygen atoms in total. The summed E-state index contributed by atoms with van der Waals surface area (Å²) in [5, 5.41) is 2.83. The molecule has 2 saturated heterocycles. The number of amides is 4. The van der Waals surface area contributed by atoms with Gasteiger partial charge in [-0.25, -0.2) is 9.69 Å². The molecule has 2 heterocycles. The van der Waals surface area contributed by atoms with E-state index in [0.29, 0.717) is 18.7 Å². The maximum absolute atomic E-state index is 12.9. The number of carbonyl (C=O) groups is 3. The maximum atomic E-state index is 12.9. The lowest BCUT2D eigenvalue weighted by Crippen LogP contribution is -2.65. The Morgan fingerprint density at radius 3 is 2.65 bits per heavy atom. The third-order valence-corrected chi connectivity index (χ3v) is 4.26. The highest BCUT2D eigenvalue weighted by atomic mass is 16.5. The number of imide groups is 1. The van der Waals surface area contributed by atoms with Crippen molar-refractivity contribution in [2.24, 2.45) is 0 Å². The zero-order valence-corrected chi connectivity index (χ0v) is 13.1. The summed E-state index contributed by atoms with van der Waals surface area (Å²) in [4.78, 5) is 39.9. The fourth-order valence-electron chi connectivity index (χ4n) is 3.13. The van der Waals surface area contributed by atoms with Crippen molar-refractivity contribution in [3.8, 4) is 0 Å². The second kappa shape index (κ2) is 6.00. The number of nitrogens with zero attached hydrogens (tertiary/aromatic N) is 2. The summed E-state index contributed by atoms with van der Waals surface area (Å²) >= 11 is 0. The molecule has 0 aromatic heterocycles. The molecule has 0 unspecified atom stereocenters. The van der Waals surface area contributed by atoms with Gasteiger partial charge in [-0.3, -0.25) is 9.59 Å². The number of benzene rings is 1. The molecule has 0 radical (unpaired) electrons. The number of methoxy groups -OCH3 is 1. The number of rotatable bonds is 3. The summed E-state index contributed by atoms with van der Waals surface area (Å²) in [5.41, 5.74) is 1.54. The number of hydrogen-bond acceptors (Lipinski definition) is 4. The summed E-state index contributed by atoms with van der Waals surface area (Å²) in [6.45, 7) is 2.29. The van der Waals surface area contributed by atoms with Crippen LogP contribution in [0.25, 0.3) is 0 Å². The van der Waals surface area contributed by atoms with Gasteiger partial charge in [0.15, 0.2) is 0 Å². The molecular formula is C16H19N3O4. The van der Waals surface area contributed by atoms with Crippen molar-refractivity contribution in [2.75, 3.05) is 25.2 Å². The lowest BCUT2D eigenvalue weighted by Gasteiger charge is -2.36. The Balaban J connectivity index is 1.89. The molecule has 7 heteroatoms. The fraction of sp³-hybridized carbons (Fsp3) is 0.438. The summed E-state index contributed by atoms with van der Waals surface area (Å²) in [5.74, 6) is -0.613. The largest absolute Gasteiger partial charge is 0.375 e. The number of carbonyl (C=O) groups excluding carboxylic acids is 3. The van der Waals surface area contributed by atoms with Crippen molar-refractivity contribution in [1.29, 1.82) is 0 Å². The minimum Gasteiger partial charge on any atom is -0.375 e. The summed E-state index contributed by atoms with van der Waals surface area (Å²) in [6, 6.07) is 5.68. The highest BCUT2D eigenvalue weighted by molar-refractivity contribution is 6.19. The molecule has 0 saturated carbocycles. The van der Waals surface area contributed by atoms with Gasteiger partial charge in [-0.15, -0.1) is 0 Å². The van der Waals surface area contributed by atoms with E-state index in [1.165, 1.54) is 12.0 Å². The summed E-state index contributed by atoms with van der Waals surface area (Å²) in [7, 11) is 1.44. The van der Waals surface area contributed by atoms with Gasteiger partial charge >= 0.3 is 6.03 Å². The van der Waals surface area contributed by atoms with Crippen molar-refractivity contribution in [3.05, 3.63) is 29.8 Å². The standard InChI is InChI=1S/C16H19N3O4/c1-10-3-5-11(6-4-10)19-15(21)14-12(17-16(19)22)7-8-18(14)13(20)9-23-2/h3-6,12,14H,7-9H2,1-2H3,(H,17,22)/t12-,14+/m1/s1. The molecule has 2 aliphatic heterocycles. The lowest BCUT2D eigenvalue weighted by atomic mass is 10.0. The predicted molar refractivity (Wildman–Crippen MR) is 83.0 cm³/mol. The van der Waals surface area contributed by atoms with Crippen LogP contribution >= 0.6 is 0 Å². The van der Waals surface area contributed by atoms with Crippen LogP contribution in [-0.2, 0) is 14.3 Å². The Kier molecular flexibility index (Phi) is 4.04. The molecule has 1 aromatic rings. The Morgan fingerprint density at radius 1 is 1.30 bits per heavy atom. The predicted octanol–water partition coefficient (Wildman–Crippen LogP) is 0.667.